The molecule has 0 saturated carbocycles. The molecule has 0 radical (unpaired) electrons. The fourth-order valence-corrected chi connectivity index (χ4v) is 2.10. The number of imidazole rings is 1. The van der Waals surface area contributed by atoms with Crippen LogP contribution in [-0.2, 0) is 0 Å². The summed E-state index contributed by atoms with van der Waals surface area (Å²) in [6.07, 6.45) is 6.11. The van der Waals surface area contributed by atoms with Crippen LogP contribution in [0.2, 0.25) is 0 Å². The van der Waals surface area contributed by atoms with Crippen LogP contribution in [-0.4, -0.2) is 51.8 Å². The third-order valence-electron chi connectivity index (χ3n) is 2.92. The predicted molar refractivity (Wildman–Crippen MR) is 57.4 cm³/mol. The highest BCUT2D eigenvalue weighted by Crippen LogP contribution is 2.21. The third kappa shape index (κ3) is 2.37. The third-order valence-corrected chi connectivity index (χ3v) is 2.92. The van der Waals surface area contributed by atoms with Crippen LogP contribution in [0.15, 0.2) is 18.7 Å². The molecule has 1 saturated heterocycles. The van der Waals surface area contributed by atoms with E-state index in [-0.39, 0.29) is 12.1 Å². The van der Waals surface area contributed by atoms with E-state index in [9.17, 15) is 5.11 Å². The Morgan fingerprint density at radius 3 is 3.00 bits per heavy atom. The minimum Gasteiger partial charge on any atom is -0.390 e. The van der Waals surface area contributed by atoms with Crippen molar-refractivity contribution in [2.75, 3.05) is 26.2 Å². The molecule has 1 aliphatic heterocycles. The number of hydrogen-bond acceptors (Lipinski definition) is 4. The maximum Gasteiger partial charge on any atom is 0.0949 e. The Hall–Kier alpha value is -0.910. The highest BCUT2D eigenvalue weighted by atomic mass is 16.3. The van der Waals surface area contributed by atoms with Crippen LogP contribution in [0.25, 0.3) is 0 Å². The molecule has 0 bridgehead atoms. The number of hydrogen-bond donors (Lipinski definition) is 2. The molecule has 0 aromatic carbocycles. The number of β-amino-alcohol motifs (C(OH)–C–C–N with tert-alkyl or cyclic N) is 1. The number of aromatic nitrogens is 2. The van der Waals surface area contributed by atoms with Gasteiger partial charge in [0.25, 0.3) is 0 Å². The number of nitrogens with two attached hydrogens (primary N) is 1. The predicted octanol–water partition coefficient (Wildman–Crippen LogP) is -0.550. The Morgan fingerprint density at radius 2 is 2.33 bits per heavy atom. The van der Waals surface area contributed by atoms with E-state index in [1.165, 1.54) is 0 Å². The largest absolute Gasteiger partial charge is 0.390 e. The summed E-state index contributed by atoms with van der Waals surface area (Å²) in [6, 6.07) is 0.144. The zero-order valence-corrected chi connectivity index (χ0v) is 8.79. The molecule has 2 atom stereocenters. The number of aliphatic hydroxyl groups excluding tert-OH is 1. The van der Waals surface area contributed by atoms with Gasteiger partial charge in [0.1, 0.15) is 0 Å². The van der Waals surface area contributed by atoms with Gasteiger partial charge in [0.05, 0.1) is 18.5 Å². The quantitative estimate of drug-likeness (QED) is 0.699. The maximum absolute atomic E-state index is 9.91. The first kappa shape index (κ1) is 10.6. The molecule has 1 aromatic heterocycles. The van der Waals surface area contributed by atoms with E-state index in [4.69, 9.17) is 5.73 Å². The molecule has 15 heavy (non-hydrogen) atoms. The summed E-state index contributed by atoms with van der Waals surface area (Å²) in [7, 11) is 0. The van der Waals surface area contributed by atoms with Gasteiger partial charge < -0.3 is 15.4 Å². The van der Waals surface area contributed by atoms with Gasteiger partial charge in [-0.2, -0.15) is 0 Å². The van der Waals surface area contributed by atoms with Crippen molar-refractivity contribution in [1.82, 2.24) is 14.5 Å². The van der Waals surface area contributed by atoms with Gasteiger partial charge in [0.2, 0.25) is 0 Å². The standard InChI is InChI=1S/C10H18N4O/c11-2-1-4-13-6-9(10(15)7-13)14-5-3-12-8-14/h3,5,8-10,15H,1-2,4,6-7,11H2/t9-,10-/m0/s1. The van der Waals surface area contributed by atoms with Gasteiger partial charge in [0.15, 0.2) is 0 Å². The van der Waals surface area contributed by atoms with Crippen LogP contribution in [0.4, 0.5) is 0 Å². The highest BCUT2D eigenvalue weighted by Gasteiger charge is 2.31. The van der Waals surface area contributed by atoms with E-state index >= 15 is 0 Å². The normalized spacial score (nSPS) is 27.3. The minimum atomic E-state index is -0.294. The summed E-state index contributed by atoms with van der Waals surface area (Å²) in [5.74, 6) is 0. The molecular formula is C10H18N4O. The molecule has 3 N–H and O–H groups in total. The molecule has 1 aromatic rings. The first-order valence-corrected chi connectivity index (χ1v) is 5.39. The van der Waals surface area contributed by atoms with Gasteiger partial charge in [-0.3, -0.25) is 4.90 Å². The molecular weight excluding hydrogens is 192 g/mol. The molecule has 84 valence electrons. The van der Waals surface area contributed by atoms with E-state index in [2.05, 4.69) is 9.88 Å². The summed E-state index contributed by atoms with van der Waals surface area (Å²) in [5.41, 5.74) is 5.47. The monoisotopic (exact) mass is 210 g/mol. The fourth-order valence-electron chi connectivity index (χ4n) is 2.10. The maximum atomic E-state index is 9.91. The van der Waals surface area contributed by atoms with Crippen LogP contribution in [0.5, 0.6) is 0 Å². The second-order valence-corrected chi connectivity index (χ2v) is 4.05. The summed E-state index contributed by atoms with van der Waals surface area (Å²) in [4.78, 5) is 6.25. The van der Waals surface area contributed by atoms with E-state index in [1.54, 1.807) is 12.5 Å². The lowest BCUT2D eigenvalue weighted by Crippen LogP contribution is -2.24. The number of aliphatic hydroxyl groups is 1. The van der Waals surface area contributed by atoms with Gasteiger partial charge in [0, 0.05) is 25.5 Å². The summed E-state index contributed by atoms with van der Waals surface area (Å²) in [6.45, 7) is 3.31. The average molecular weight is 210 g/mol. The van der Waals surface area contributed by atoms with Crippen LogP contribution in [0, 0.1) is 0 Å². The molecule has 0 aliphatic carbocycles. The Bertz CT molecular complexity index is 288. The molecule has 0 unspecified atom stereocenters. The van der Waals surface area contributed by atoms with Crippen molar-refractivity contribution < 1.29 is 5.11 Å². The van der Waals surface area contributed by atoms with Crippen molar-refractivity contribution in [3.05, 3.63) is 18.7 Å². The summed E-state index contributed by atoms with van der Waals surface area (Å²) < 4.78 is 1.98. The molecule has 0 spiro atoms. The van der Waals surface area contributed by atoms with Crippen LogP contribution >= 0.6 is 0 Å². The first-order valence-electron chi connectivity index (χ1n) is 5.39. The van der Waals surface area contributed by atoms with E-state index in [1.807, 2.05) is 10.8 Å². The molecule has 0 amide bonds. The van der Waals surface area contributed by atoms with Crippen LogP contribution in [0.1, 0.15) is 12.5 Å². The zero-order valence-electron chi connectivity index (χ0n) is 8.79. The SMILES string of the molecule is NCCCN1C[C@H](O)[C@@H](n2ccnc2)C1. The Labute approximate surface area is 89.5 Å². The Balaban J connectivity index is 1.93. The Morgan fingerprint density at radius 1 is 1.47 bits per heavy atom. The van der Waals surface area contributed by atoms with E-state index in [0.29, 0.717) is 6.54 Å². The van der Waals surface area contributed by atoms with Crippen LogP contribution < -0.4 is 5.73 Å². The molecule has 2 rings (SSSR count). The van der Waals surface area contributed by atoms with Crippen molar-refractivity contribution in [3.8, 4) is 0 Å². The van der Waals surface area contributed by atoms with Gasteiger partial charge in [-0.25, -0.2) is 4.98 Å². The van der Waals surface area contributed by atoms with Crippen molar-refractivity contribution in [3.63, 3.8) is 0 Å². The Kier molecular flexibility index (Phi) is 3.35. The lowest BCUT2D eigenvalue weighted by Gasteiger charge is -2.15. The highest BCUT2D eigenvalue weighted by molar-refractivity contribution is 4.91. The van der Waals surface area contributed by atoms with Gasteiger partial charge >= 0.3 is 0 Å². The average Bonchev–Trinajstić information content (AvgIpc) is 2.83. The fraction of sp³-hybridized carbons (Fsp3) is 0.700. The lowest BCUT2D eigenvalue weighted by molar-refractivity contribution is 0.144. The van der Waals surface area contributed by atoms with Gasteiger partial charge in [-0.1, -0.05) is 0 Å². The van der Waals surface area contributed by atoms with Crippen molar-refractivity contribution in [2.24, 2.45) is 5.73 Å². The number of likely N-dealkylation sites (tertiary alicyclic amines) is 1. The first-order chi connectivity index (χ1) is 7.31. The van der Waals surface area contributed by atoms with Crippen molar-refractivity contribution in [1.29, 1.82) is 0 Å². The molecule has 5 heteroatoms. The van der Waals surface area contributed by atoms with Crippen LogP contribution in [0.3, 0.4) is 0 Å². The van der Waals surface area contributed by atoms with Gasteiger partial charge in [-0.05, 0) is 19.5 Å². The minimum absolute atomic E-state index is 0.144. The number of rotatable bonds is 4. The summed E-state index contributed by atoms with van der Waals surface area (Å²) in [5, 5.41) is 9.91. The van der Waals surface area contributed by atoms with Crippen molar-refractivity contribution in [2.45, 2.75) is 18.6 Å². The van der Waals surface area contributed by atoms with Crippen molar-refractivity contribution >= 4 is 0 Å². The van der Waals surface area contributed by atoms with E-state index < -0.39 is 0 Å². The van der Waals surface area contributed by atoms with E-state index in [0.717, 1.165) is 26.1 Å². The lowest BCUT2D eigenvalue weighted by atomic mass is 10.2. The summed E-state index contributed by atoms with van der Waals surface area (Å²) >= 11 is 0. The van der Waals surface area contributed by atoms with Gasteiger partial charge in [-0.15, -0.1) is 0 Å². The second kappa shape index (κ2) is 4.74. The second-order valence-electron chi connectivity index (χ2n) is 4.05. The molecule has 1 aliphatic rings. The zero-order chi connectivity index (χ0) is 10.7. The molecule has 1 fully saturated rings. The number of nitrogens with zero attached hydrogens (tertiary/aromatic N) is 3. The smallest absolute Gasteiger partial charge is 0.0949 e. The molecule has 2 heterocycles. The topological polar surface area (TPSA) is 67.3 Å². The molecule has 5 nitrogen and oxygen atoms in total.